The quantitative estimate of drug-likeness (QED) is 0.578. The lowest BCUT2D eigenvalue weighted by Gasteiger charge is -2.19. The number of carbonyl (C=O) groups excluding carboxylic acids is 4. The summed E-state index contributed by atoms with van der Waals surface area (Å²) in [6.45, 7) is 2.32. The van der Waals surface area contributed by atoms with E-state index in [-0.39, 0.29) is 29.6 Å². The minimum absolute atomic E-state index is 0.0118. The molecule has 0 unspecified atom stereocenters. The van der Waals surface area contributed by atoms with Crippen LogP contribution in [0.4, 0.5) is 10.5 Å². The van der Waals surface area contributed by atoms with Gasteiger partial charge in [-0.25, -0.2) is 4.79 Å². The highest BCUT2D eigenvalue weighted by Gasteiger charge is 2.51. The zero-order chi connectivity index (χ0) is 20.8. The first-order chi connectivity index (χ1) is 13.8. The summed E-state index contributed by atoms with van der Waals surface area (Å²) >= 11 is 0. The Kier molecular flexibility index (Phi) is 4.26. The van der Waals surface area contributed by atoms with Crippen LogP contribution in [0.5, 0.6) is 11.5 Å². The second-order valence-corrected chi connectivity index (χ2v) is 6.78. The number of ketones is 1. The molecule has 4 rings (SSSR count). The molecule has 2 aliphatic heterocycles. The Labute approximate surface area is 164 Å². The second kappa shape index (κ2) is 6.66. The highest BCUT2D eigenvalue weighted by atomic mass is 16.7. The number of Topliss-reactive ketones (excluding diaryl/α,β-unsaturated/α-hetero) is 1. The summed E-state index contributed by atoms with van der Waals surface area (Å²) in [6.07, 6.45) is 1.39. The van der Waals surface area contributed by atoms with Gasteiger partial charge < -0.3 is 24.5 Å². The maximum atomic E-state index is 12.8. The van der Waals surface area contributed by atoms with Gasteiger partial charge in [-0.3, -0.25) is 19.3 Å². The molecule has 1 fully saturated rings. The van der Waals surface area contributed by atoms with E-state index in [1.165, 1.54) is 32.2 Å². The normalized spacial score (nSPS) is 20.0. The molecule has 0 spiro atoms. The SMILES string of the molecule is CC(=O)c1cc2c(cc1NC(=O)CN1C(=O)N[C@@](C)(c3ccco3)C1=O)OCO2. The molecule has 2 N–H and O–H groups in total. The number of amides is 4. The predicted octanol–water partition coefficient (Wildman–Crippen LogP) is 1.62. The van der Waals surface area contributed by atoms with Crippen molar-refractivity contribution in [3.63, 3.8) is 0 Å². The summed E-state index contributed by atoms with van der Waals surface area (Å²) in [5.74, 6) is -0.529. The van der Waals surface area contributed by atoms with E-state index < -0.39 is 29.9 Å². The Bertz CT molecular complexity index is 1030. The van der Waals surface area contributed by atoms with Crippen LogP contribution < -0.4 is 20.1 Å². The zero-order valence-corrected chi connectivity index (χ0v) is 15.6. The van der Waals surface area contributed by atoms with Crippen LogP contribution in [0.15, 0.2) is 34.9 Å². The predicted molar refractivity (Wildman–Crippen MR) is 97.5 cm³/mol. The number of urea groups is 1. The number of nitrogens with zero attached hydrogens (tertiary/aromatic N) is 1. The summed E-state index contributed by atoms with van der Waals surface area (Å²) in [7, 11) is 0. The van der Waals surface area contributed by atoms with Gasteiger partial charge in [0.15, 0.2) is 22.8 Å². The van der Waals surface area contributed by atoms with Crippen LogP contribution in [0.1, 0.15) is 30.0 Å². The molecule has 4 amide bonds. The standard InChI is InChI=1S/C19H17N3O7/c1-10(23)11-6-13-14(29-9-28-13)7-12(11)20-16(24)8-22-17(25)19(2,21-18(22)26)15-4-3-5-27-15/h3-7H,8-9H2,1-2H3,(H,20,24)(H,21,26)/t19-/m0/s1. The maximum absolute atomic E-state index is 12.8. The largest absolute Gasteiger partial charge is 0.466 e. The molecule has 0 radical (unpaired) electrons. The fourth-order valence-corrected chi connectivity index (χ4v) is 3.24. The van der Waals surface area contributed by atoms with Crippen LogP contribution >= 0.6 is 0 Å². The van der Waals surface area contributed by atoms with Crippen molar-refractivity contribution in [3.8, 4) is 11.5 Å². The van der Waals surface area contributed by atoms with Gasteiger partial charge in [0.25, 0.3) is 5.91 Å². The fourth-order valence-electron chi connectivity index (χ4n) is 3.24. The molecular weight excluding hydrogens is 382 g/mol. The van der Waals surface area contributed by atoms with Gasteiger partial charge in [0.2, 0.25) is 12.7 Å². The first kappa shape index (κ1) is 18.5. The molecule has 29 heavy (non-hydrogen) atoms. The highest BCUT2D eigenvalue weighted by molar-refractivity contribution is 6.11. The van der Waals surface area contributed by atoms with Crippen molar-refractivity contribution in [2.45, 2.75) is 19.4 Å². The number of ether oxygens (including phenoxy) is 2. The third-order valence-corrected chi connectivity index (χ3v) is 4.76. The summed E-state index contributed by atoms with van der Waals surface area (Å²) in [6, 6.07) is 5.38. The van der Waals surface area contributed by atoms with Gasteiger partial charge in [0.1, 0.15) is 12.3 Å². The van der Waals surface area contributed by atoms with Crippen molar-refractivity contribution in [3.05, 3.63) is 41.9 Å². The van der Waals surface area contributed by atoms with Crippen LogP contribution in [0, 0.1) is 0 Å². The van der Waals surface area contributed by atoms with E-state index in [0.717, 1.165) is 4.90 Å². The topological polar surface area (TPSA) is 127 Å². The van der Waals surface area contributed by atoms with E-state index in [1.54, 1.807) is 12.1 Å². The lowest BCUT2D eigenvalue weighted by Crippen LogP contribution is -2.41. The smallest absolute Gasteiger partial charge is 0.325 e. The molecule has 2 aliphatic rings. The van der Waals surface area contributed by atoms with E-state index in [2.05, 4.69) is 10.6 Å². The van der Waals surface area contributed by atoms with E-state index in [9.17, 15) is 19.2 Å². The van der Waals surface area contributed by atoms with Gasteiger partial charge in [-0.15, -0.1) is 0 Å². The van der Waals surface area contributed by atoms with Crippen molar-refractivity contribution < 1.29 is 33.1 Å². The number of hydrogen-bond donors (Lipinski definition) is 2. The molecule has 1 aromatic carbocycles. The van der Waals surface area contributed by atoms with Crippen molar-refractivity contribution in [1.82, 2.24) is 10.2 Å². The molecule has 0 bridgehead atoms. The Morgan fingerprint density at radius 3 is 2.62 bits per heavy atom. The number of hydrogen-bond acceptors (Lipinski definition) is 7. The zero-order valence-electron chi connectivity index (χ0n) is 15.6. The molecular formula is C19H17N3O7. The van der Waals surface area contributed by atoms with E-state index in [1.807, 2.05) is 0 Å². The van der Waals surface area contributed by atoms with Crippen molar-refractivity contribution in [2.75, 3.05) is 18.7 Å². The summed E-state index contributed by atoms with van der Waals surface area (Å²) < 4.78 is 15.8. The Morgan fingerprint density at radius 1 is 1.24 bits per heavy atom. The first-order valence-electron chi connectivity index (χ1n) is 8.72. The fraction of sp³-hybridized carbons (Fsp3) is 0.263. The minimum atomic E-state index is -1.40. The van der Waals surface area contributed by atoms with Crippen molar-refractivity contribution >= 4 is 29.3 Å². The van der Waals surface area contributed by atoms with Gasteiger partial charge in [0, 0.05) is 11.6 Å². The Balaban J connectivity index is 1.53. The summed E-state index contributed by atoms with van der Waals surface area (Å²) in [5.41, 5.74) is -0.975. The summed E-state index contributed by atoms with van der Waals surface area (Å²) in [5, 5.41) is 5.10. The average molecular weight is 399 g/mol. The molecule has 10 nitrogen and oxygen atoms in total. The van der Waals surface area contributed by atoms with Crippen molar-refractivity contribution in [2.24, 2.45) is 0 Å². The number of benzene rings is 1. The number of rotatable bonds is 5. The Hall–Kier alpha value is -3.82. The van der Waals surface area contributed by atoms with Gasteiger partial charge in [-0.2, -0.15) is 0 Å². The lowest BCUT2D eigenvalue weighted by atomic mass is 9.99. The van der Waals surface area contributed by atoms with Gasteiger partial charge >= 0.3 is 6.03 Å². The van der Waals surface area contributed by atoms with Crippen LogP contribution in [-0.4, -0.2) is 41.9 Å². The van der Waals surface area contributed by atoms with Crippen LogP contribution in [-0.2, 0) is 15.1 Å². The lowest BCUT2D eigenvalue weighted by molar-refractivity contribution is -0.134. The third kappa shape index (κ3) is 3.08. The molecule has 1 saturated heterocycles. The van der Waals surface area contributed by atoms with Crippen molar-refractivity contribution in [1.29, 1.82) is 0 Å². The minimum Gasteiger partial charge on any atom is -0.466 e. The second-order valence-electron chi connectivity index (χ2n) is 6.78. The number of furan rings is 1. The number of nitrogens with one attached hydrogen (secondary N) is 2. The average Bonchev–Trinajstić information content (AvgIpc) is 3.39. The first-order valence-corrected chi connectivity index (χ1v) is 8.72. The molecule has 3 heterocycles. The third-order valence-electron chi connectivity index (χ3n) is 4.76. The number of anilines is 1. The molecule has 10 heteroatoms. The van der Waals surface area contributed by atoms with Gasteiger partial charge in [-0.05, 0) is 32.0 Å². The number of fused-ring (bicyclic) bond motifs is 1. The summed E-state index contributed by atoms with van der Waals surface area (Å²) in [4.78, 5) is 50.3. The molecule has 150 valence electrons. The molecule has 2 aromatic rings. The number of imide groups is 1. The molecule has 1 aromatic heterocycles. The van der Waals surface area contributed by atoms with Crippen LogP contribution in [0.3, 0.4) is 0 Å². The van der Waals surface area contributed by atoms with Gasteiger partial charge in [0.05, 0.1) is 12.0 Å². The van der Waals surface area contributed by atoms with Crippen LogP contribution in [0.2, 0.25) is 0 Å². The molecule has 0 saturated carbocycles. The van der Waals surface area contributed by atoms with E-state index in [4.69, 9.17) is 13.9 Å². The number of carbonyl (C=O) groups is 4. The van der Waals surface area contributed by atoms with Gasteiger partial charge in [-0.1, -0.05) is 0 Å². The maximum Gasteiger partial charge on any atom is 0.325 e. The Morgan fingerprint density at radius 2 is 1.97 bits per heavy atom. The monoisotopic (exact) mass is 399 g/mol. The van der Waals surface area contributed by atoms with E-state index >= 15 is 0 Å². The highest BCUT2D eigenvalue weighted by Crippen LogP contribution is 2.37. The molecule has 0 aliphatic carbocycles. The van der Waals surface area contributed by atoms with E-state index in [0.29, 0.717) is 11.5 Å². The van der Waals surface area contributed by atoms with Crippen LogP contribution in [0.25, 0.3) is 0 Å². The molecule has 1 atom stereocenters.